The van der Waals surface area contributed by atoms with Gasteiger partial charge in [-0.25, -0.2) is 4.98 Å². The first-order chi connectivity index (χ1) is 11.0. The van der Waals surface area contributed by atoms with E-state index in [4.69, 9.17) is 5.11 Å². The molecule has 0 saturated heterocycles. The first-order valence-electron chi connectivity index (χ1n) is 8.16. The van der Waals surface area contributed by atoms with Gasteiger partial charge in [0.25, 0.3) is 0 Å². The zero-order chi connectivity index (χ0) is 17.2. The van der Waals surface area contributed by atoms with E-state index >= 15 is 0 Å². The van der Waals surface area contributed by atoms with E-state index in [2.05, 4.69) is 40.8 Å². The number of aliphatic hydroxyl groups excluding tert-OH is 2. The number of rotatable bonds is 6. The summed E-state index contributed by atoms with van der Waals surface area (Å²) in [5, 5.41) is 21.6. The van der Waals surface area contributed by atoms with Gasteiger partial charge in [-0.3, -0.25) is 0 Å². The van der Waals surface area contributed by atoms with Crippen molar-refractivity contribution in [3.8, 4) is 5.82 Å². The standard InChI is InChI=1S/C15H21N3O2.C3H8/c1-11-3-4-12(2)18(11)15-6-5-13(9-17-15)14(20)10-16-7-8-19;1-3-2/h3-6,9,14,16,19-20H,7-8,10H2,1-2H3;3H2,1-2H3. The Bertz CT molecular complexity index is 545. The maximum Gasteiger partial charge on any atom is 0.136 e. The van der Waals surface area contributed by atoms with Crippen LogP contribution >= 0.6 is 0 Å². The van der Waals surface area contributed by atoms with Crippen molar-refractivity contribution in [2.24, 2.45) is 0 Å². The van der Waals surface area contributed by atoms with Gasteiger partial charge in [-0.1, -0.05) is 26.3 Å². The van der Waals surface area contributed by atoms with Gasteiger partial charge in [0.1, 0.15) is 5.82 Å². The highest BCUT2D eigenvalue weighted by Crippen LogP contribution is 2.17. The summed E-state index contributed by atoms with van der Waals surface area (Å²) in [5.74, 6) is 0.851. The first-order valence-corrected chi connectivity index (χ1v) is 8.16. The highest BCUT2D eigenvalue weighted by Gasteiger charge is 2.09. The molecule has 5 heteroatoms. The van der Waals surface area contributed by atoms with E-state index in [1.54, 1.807) is 6.20 Å². The highest BCUT2D eigenvalue weighted by atomic mass is 16.3. The molecule has 0 radical (unpaired) electrons. The normalized spacial score (nSPS) is 11.7. The van der Waals surface area contributed by atoms with Crippen molar-refractivity contribution in [2.45, 2.75) is 40.2 Å². The number of hydrogen-bond acceptors (Lipinski definition) is 4. The molecule has 0 aliphatic rings. The topological polar surface area (TPSA) is 70.3 Å². The lowest BCUT2D eigenvalue weighted by Crippen LogP contribution is -2.24. The Morgan fingerprint density at radius 2 is 1.74 bits per heavy atom. The number of aliphatic hydroxyl groups is 2. The highest BCUT2D eigenvalue weighted by molar-refractivity contribution is 5.33. The second kappa shape index (κ2) is 10.2. The van der Waals surface area contributed by atoms with Crippen LogP contribution in [-0.4, -0.2) is 39.5 Å². The van der Waals surface area contributed by atoms with Crippen molar-refractivity contribution in [1.29, 1.82) is 0 Å². The van der Waals surface area contributed by atoms with Crippen LogP contribution in [0.4, 0.5) is 0 Å². The van der Waals surface area contributed by atoms with E-state index in [-0.39, 0.29) is 6.61 Å². The number of hydrogen-bond donors (Lipinski definition) is 3. The maximum absolute atomic E-state index is 9.99. The van der Waals surface area contributed by atoms with Gasteiger partial charge in [0.2, 0.25) is 0 Å². The lowest BCUT2D eigenvalue weighted by molar-refractivity contribution is 0.170. The van der Waals surface area contributed by atoms with Gasteiger partial charge in [-0.2, -0.15) is 0 Å². The van der Waals surface area contributed by atoms with Crippen LogP contribution in [0.5, 0.6) is 0 Å². The number of aryl methyl sites for hydroxylation is 2. The minimum absolute atomic E-state index is 0.0656. The summed E-state index contributed by atoms with van der Waals surface area (Å²) in [6, 6.07) is 7.90. The Morgan fingerprint density at radius 3 is 2.22 bits per heavy atom. The van der Waals surface area contributed by atoms with Gasteiger partial charge < -0.3 is 20.1 Å². The van der Waals surface area contributed by atoms with Crippen molar-refractivity contribution in [2.75, 3.05) is 19.7 Å². The summed E-state index contributed by atoms with van der Waals surface area (Å²) in [7, 11) is 0. The SMILES string of the molecule is CCC.Cc1ccc(C)n1-c1ccc(C(O)CNCCO)cn1. The van der Waals surface area contributed by atoms with Gasteiger partial charge in [0, 0.05) is 36.2 Å². The van der Waals surface area contributed by atoms with Crippen molar-refractivity contribution in [3.05, 3.63) is 47.4 Å². The smallest absolute Gasteiger partial charge is 0.136 e. The van der Waals surface area contributed by atoms with E-state index in [0.717, 1.165) is 22.8 Å². The van der Waals surface area contributed by atoms with Gasteiger partial charge >= 0.3 is 0 Å². The average Bonchev–Trinajstić information content (AvgIpc) is 2.87. The molecule has 1 atom stereocenters. The molecular weight excluding hydrogens is 290 g/mol. The molecule has 0 fully saturated rings. The van der Waals surface area contributed by atoms with Crippen LogP contribution in [0.15, 0.2) is 30.5 Å². The van der Waals surface area contributed by atoms with Gasteiger partial charge in [0.05, 0.1) is 12.7 Å². The van der Waals surface area contributed by atoms with Gasteiger partial charge in [0.15, 0.2) is 0 Å². The van der Waals surface area contributed by atoms with Gasteiger partial charge in [-0.05, 0) is 32.0 Å². The fraction of sp³-hybridized carbons (Fsp3) is 0.500. The van der Waals surface area contributed by atoms with E-state index in [0.29, 0.717) is 13.1 Å². The van der Waals surface area contributed by atoms with E-state index < -0.39 is 6.10 Å². The summed E-state index contributed by atoms with van der Waals surface area (Å²) < 4.78 is 2.07. The van der Waals surface area contributed by atoms with Crippen molar-refractivity contribution in [3.63, 3.8) is 0 Å². The zero-order valence-electron chi connectivity index (χ0n) is 14.6. The molecule has 2 heterocycles. The molecule has 0 bridgehead atoms. The molecule has 2 aromatic rings. The molecule has 0 aromatic carbocycles. The predicted molar refractivity (Wildman–Crippen MR) is 93.9 cm³/mol. The Labute approximate surface area is 139 Å². The average molecular weight is 319 g/mol. The van der Waals surface area contributed by atoms with E-state index in [1.807, 2.05) is 26.0 Å². The largest absolute Gasteiger partial charge is 0.395 e. The summed E-state index contributed by atoms with van der Waals surface area (Å²) in [6.07, 6.45) is 2.33. The summed E-state index contributed by atoms with van der Waals surface area (Å²) in [4.78, 5) is 4.42. The van der Waals surface area contributed by atoms with Crippen LogP contribution in [0.2, 0.25) is 0 Å². The van der Waals surface area contributed by atoms with Crippen LogP contribution < -0.4 is 5.32 Å². The molecule has 2 rings (SSSR count). The molecule has 0 spiro atoms. The minimum Gasteiger partial charge on any atom is -0.395 e. The molecule has 0 saturated carbocycles. The lowest BCUT2D eigenvalue weighted by Gasteiger charge is -2.13. The Hall–Kier alpha value is -1.69. The van der Waals surface area contributed by atoms with Crippen LogP contribution in [0.25, 0.3) is 5.82 Å². The molecule has 5 nitrogen and oxygen atoms in total. The van der Waals surface area contributed by atoms with Crippen molar-refractivity contribution >= 4 is 0 Å². The van der Waals surface area contributed by atoms with E-state index in [9.17, 15) is 5.11 Å². The third kappa shape index (κ3) is 5.78. The predicted octanol–water partition coefficient (Wildman–Crippen LogP) is 2.52. The second-order valence-electron chi connectivity index (χ2n) is 5.55. The summed E-state index contributed by atoms with van der Waals surface area (Å²) >= 11 is 0. The molecule has 23 heavy (non-hydrogen) atoms. The zero-order valence-corrected chi connectivity index (χ0v) is 14.6. The van der Waals surface area contributed by atoms with Crippen LogP contribution in [0, 0.1) is 13.8 Å². The number of pyridine rings is 1. The fourth-order valence-electron chi connectivity index (χ4n) is 2.19. The molecule has 1 unspecified atom stereocenters. The number of nitrogens with zero attached hydrogens (tertiary/aromatic N) is 2. The molecule has 128 valence electrons. The Kier molecular flexibility index (Phi) is 8.55. The van der Waals surface area contributed by atoms with Crippen LogP contribution in [0.3, 0.4) is 0 Å². The lowest BCUT2D eigenvalue weighted by atomic mass is 10.1. The number of aromatic nitrogens is 2. The number of nitrogens with one attached hydrogen (secondary N) is 1. The minimum atomic E-state index is -0.616. The Morgan fingerprint density at radius 1 is 1.13 bits per heavy atom. The van der Waals surface area contributed by atoms with Gasteiger partial charge in [-0.15, -0.1) is 0 Å². The maximum atomic E-state index is 9.99. The molecule has 2 aromatic heterocycles. The monoisotopic (exact) mass is 319 g/mol. The molecule has 3 N–H and O–H groups in total. The first kappa shape index (κ1) is 19.4. The van der Waals surface area contributed by atoms with Crippen LogP contribution in [-0.2, 0) is 0 Å². The van der Waals surface area contributed by atoms with Crippen molar-refractivity contribution < 1.29 is 10.2 Å². The molecular formula is C18H29N3O2. The van der Waals surface area contributed by atoms with E-state index in [1.165, 1.54) is 6.42 Å². The van der Waals surface area contributed by atoms with Crippen LogP contribution in [0.1, 0.15) is 43.3 Å². The summed E-state index contributed by atoms with van der Waals surface area (Å²) in [6.45, 7) is 9.27. The Balaban J connectivity index is 0.000000816. The second-order valence-corrected chi connectivity index (χ2v) is 5.55. The fourth-order valence-corrected chi connectivity index (χ4v) is 2.19. The van der Waals surface area contributed by atoms with Crippen molar-refractivity contribution in [1.82, 2.24) is 14.9 Å². The molecule has 0 amide bonds. The molecule has 0 aliphatic heterocycles. The third-order valence-corrected chi connectivity index (χ3v) is 3.28. The third-order valence-electron chi connectivity index (χ3n) is 3.28. The quantitative estimate of drug-likeness (QED) is 0.716. The molecule has 0 aliphatic carbocycles. The summed E-state index contributed by atoms with van der Waals surface area (Å²) in [5.41, 5.74) is 3.03.